The Morgan fingerprint density at radius 1 is 1.18 bits per heavy atom. The van der Waals surface area contributed by atoms with Crippen LogP contribution in [0.5, 0.6) is 5.75 Å². The van der Waals surface area contributed by atoms with E-state index in [1.54, 1.807) is 18.2 Å². The molecule has 0 aliphatic carbocycles. The molecule has 2 aromatic carbocycles. The number of halogens is 3. The SMILES string of the molecule is FC(F)Oc1cccc2c1[C@@H]1C[C@@H](c3nc4ccc(Cl)cc4n31)n1ncnc1-2. The molecule has 28 heavy (non-hydrogen) atoms. The van der Waals surface area contributed by atoms with Crippen molar-refractivity contribution in [2.75, 3.05) is 0 Å². The normalized spacial score (nSPS) is 19.4. The van der Waals surface area contributed by atoms with Gasteiger partial charge in [-0.3, -0.25) is 0 Å². The molecular weight excluding hydrogens is 388 g/mol. The zero-order valence-corrected chi connectivity index (χ0v) is 15.0. The standard InChI is InChI=1S/C19H12ClF2N5O/c20-9-4-5-11-12(6-9)26-13-7-14(18(26)25-11)27-17(23-8-24-27)10-2-1-3-15(16(10)13)28-19(21)22/h1-6,8,13-14,19H,7H2/t13-,14-/m0/s1. The van der Waals surface area contributed by atoms with Crippen molar-refractivity contribution in [3.05, 3.63) is 59.1 Å². The number of imidazole rings is 1. The number of nitrogens with zero attached hydrogens (tertiary/aromatic N) is 5. The van der Waals surface area contributed by atoms with E-state index in [1.165, 1.54) is 6.33 Å². The monoisotopic (exact) mass is 399 g/mol. The number of fused-ring (bicyclic) bond motifs is 6. The molecule has 0 amide bonds. The van der Waals surface area contributed by atoms with Crippen molar-refractivity contribution in [1.82, 2.24) is 24.3 Å². The molecule has 2 aromatic heterocycles. The van der Waals surface area contributed by atoms with E-state index in [-0.39, 0.29) is 17.8 Å². The highest BCUT2D eigenvalue weighted by molar-refractivity contribution is 6.31. The maximum Gasteiger partial charge on any atom is 0.387 e. The molecule has 0 fully saturated rings. The minimum atomic E-state index is -2.92. The Morgan fingerprint density at radius 3 is 2.93 bits per heavy atom. The second-order valence-electron chi connectivity index (χ2n) is 6.86. The smallest absolute Gasteiger partial charge is 0.387 e. The highest BCUT2D eigenvalue weighted by Crippen LogP contribution is 2.51. The minimum absolute atomic E-state index is 0.143. The summed E-state index contributed by atoms with van der Waals surface area (Å²) in [7, 11) is 0. The summed E-state index contributed by atoms with van der Waals surface area (Å²) in [6, 6.07) is 10.2. The summed E-state index contributed by atoms with van der Waals surface area (Å²) in [5.74, 6) is 1.58. The van der Waals surface area contributed by atoms with Crippen LogP contribution in [-0.2, 0) is 0 Å². The Morgan fingerprint density at radius 2 is 2.07 bits per heavy atom. The van der Waals surface area contributed by atoms with E-state index in [9.17, 15) is 8.78 Å². The Kier molecular flexibility index (Phi) is 3.15. The van der Waals surface area contributed by atoms with Crippen LogP contribution in [0.15, 0.2) is 42.7 Å². The van der Waals surface area contributed by atoms with Gasteiger partial charge in [0.1, 0.15) is 23.9 Å². The van der Waals surface area contributed by atoms with E-state index in [0.29, 0.717) is 22.8 Å². The first-order valence-corrected chi connectivity index (χ1v) is 9.14. The number of ether oxygens (including phenoxy) is 1. The maximum absolute atomic E-state index is 13.1. The topological polar surface area (TPSA) is 57.8 Å². The summed E-state index contributed by atoms with van der Waals surface area (Å²) in [6.45, 7) is -2.92. The van der Waals surface area contributed by atoms with E-state index >= 15 is 0 Å². The molecule has 0 N–H and O–H groups in total. The molecule has 2 aliphatic heterocycles. The van der Waals surface area contributed by atoms with Crippen LogP contribution >= 0.6 is 11.6 Å². The molecule has 6 nitrogen and oxygen atoms in total. The molecule has 0 radical (unpaired) electrons. The van der Waals surface area contributed by atoms with Crippen molar-refractivity contribution < 1.29 is 13.5 Å². The summed E-state index contributed by atoms with van der Waals surface area (Å²) in [5.41, 5.74) is 3.05. The van der Waals surface area contributed by atoms with Gasteiger partial charge in [-0.25, -0.2) is 14.6 Å². The van der Waals surface area contributed by atoms with Gasteiger partial charge >= 0.3 is 6.61 Å². The van der Waals surface area contributed by atoms with Crippen molar-refractivity contribution in [2.24, 2.45) is 0 Å². The highest BCUT2D eigenvalue weighted by Gasteiger charge is 2.43. The molecule has 9 heteroatoms. The molecule has 2 atom stereocenters. The third-order valence-corrected chi connectivity index (χ3v) is 5.69. The van der Waals surface area contributed by atoms with E-state index in [1.807, 2.05) is 22.9 Å². The van der Waals surface area contributed by atoms with Gasteiger partial charge in [-0.2, -0.15) is 13.9 Å². The van der Waals surface area contributed by atoms with E-state index in [4.69, 9.17) is 21.3 Å². The number of rotatable bonds is 2. The number of aromatic nitrogens is 5. The number of benzene rings is 2. The van der Waals surface area contributed by atoms with Crippen LogP contribution in [0.25, 0.3) is 22.4 Å². The molecule has 0 saturated heterocycles. The lowest BCUT2D eigenvalue weighted by molar-refractivity contribution is -0.0506. The molecule has 0 spiro atoms. The van der Waals surface area contributed by atoms with Crippen molar-refractivity contribution in [3.8, 4) is 17.1 Å². The summed E-state index contributed by atoms with van der Waals surface area (Å²) >= 11 is 6.22. The van der Waals surface area contributed by atoms with Crippen LogP contribution in [-0.4, -0.2) is 30.9 Å². The van der Waals surface area contributed by atoms with Gasteiger partial charge in [-0.05, 0) is 24.3 Å². The van der Waals surface area contributed by atoms with Crippen molar-refractivity contribution >= 4 is 22.6 Å². The highest BCUT2D eigenvalue weighted by atomic mass is 35.5. The predicted molar refractivity (Wildman–Crippen MR) is 97.7 cm³/mol. The van der Waals surface area contributed by atoms with Gasteiger partial charge in [0.05, 0.1) is 17.1 Å². The zero-order valence-electron chi connectivity index (χ0n) is 14.3. The molecular formula is C19H12ClF2N5O. The van der Waals surface area contributed by atoms with Gasteiger partial charge in [-0.15, -0.1) is 0 Å². The molecule has 4 heterocycles. The van der Waals surface area contributed by atoms with Crippen molar-refractivity contribution in [3.63, 3.8) is 0 Å². The summed E-state index contributed by atoms with van der Waals surface area (Å²) < 4.78 is 35.0. The van der Waals surface area contributed by atoms with Crippen LogP contribution in [0.3, 0.4) is 0 Å². The van der Waals surface area contributed by atoms with Crippen LogP contribution in [0.2, 0.25) is 5.02 Å². The first-order valence-electron chi connectivity index (χ1n) is 8.77. The summed E-state index contributed by atoms with van der Waals surface area (Å²) in [4.78, 5) is 9.18. The molecule has 140 valence electrons. The third-order valence-electron chi connectivity index (χ3n) is 5.46. The average molecular weight is 400 g/mol. The molecule has 0 unspecified atom stereocenters. The first-order chi connectivity index (χ1) is 13.6. The second kappa shape index (κ2) is 5.51. The Hall–Kier alpha value is -3.00. The quantitative estimate of drug-likeness (QED) is 0.500. The van der Waals surface area contributed by atoms with Gasteiger partial charge in [0, 0.05) is 22.6 Å². The molecule has 0 saturated carbocycles. The lowest BCUT2D eigenvalue weighted by Gasteiger charge is -2.21. The summed E-state index contributed by atoms with van der Waals surface area (Å²) in [6.07, 6.45) is 2.10. The first kappa shape index (κ1) is 16.0. The Bertz CT molecular complexity index is 1250. The van der Waals surface area contributed by atoms with E-state index in [2.05, 4.69) is 14.6 Å². The van der Waals surface area contributed by atoms with Crippen molar-refractivity contribution in [2.45, 2.75) is 25.1 Å². The number of alkyl halides is 2. The molecule has 2 aliphatic rings. The van der Waals surface area contributed by atoms with Crippen LogP contribution in [0.4, 0.5) is 8.78 Å². The zero-order chi connectivity index (χ0) is 19.0. The maximum atomic E-state index is 13.1. The van der Waals surface area contributed by atoms with Gasteiger partial charge < -0.3 is 9.30 Å². The minimum Gasteiger partial charge on any atom is -0.434 e. The van der Waals surface area contributed by atoms with Gasteiger partial charge in [0.25, 0.3) is 0 Å². The Labute approximate surface area is 162 Å². The molecule has 2 bridgehead atoms. The average Bonchev–Trinajstić information content (AvgIpc) is 3.33. The van der Waals surface area contributed by atoms with Crippen molar-refractivity contribution in [1.29, 1.82) is 0 Å². The lowest BCUT2D eigenvalue weighted by atomic mass is 9.97. The van der Waals surface area contributed by atoms with Gasteiger partial charge in [0.15, 0.2) is 5.82 Å². The van der Waals surface area contributed by atoms with E-state index in [0.717, 1.165) is 22.4 Å². The van der Waals surface area contributed by atoms with Gasteiger partial charge in [-0.1, -0.05) is 23.7 Å². The van der Waals surface area contributed by atoms with Crippen LogP contribution in [0, 0.1) is 0 Å². The molecule has 4 aromatic rings. The predicted octanol–water partition coefficient (Wildman–Crippen LogP) is 4.45. The fraction of sp³-hybridized carbons (Fsp3) is 0.211. The van der Waals surface area contributed by atoms with Crippen LogP contribution < -0.4 is 4.74 Å². The lowest BCUT2D eigenvalue weighted by Crippen LogP contribution is -2.14. The largest absolute Gasteiger partial charge is 0.434 e. The van der Waals surface area contributed by atoms with Gasteiger partial charge in [0.2, 0.25) is 0 Å². The number of hydrogen-bond acceptors (Lipinski definition) is 4. The fourth-order valence-electron chi connectivity index (χ4n) is 4.48. The number of hydrogen-bond donors (Lipinski definition) is 0. The van der Waals surface area contributed by atoms with Crippen LogP contribution in [0.1, 0.15) is 29.9 Å². The Balaban J connectivity index is 1.71. The second-order valence-corrected chi connectivity index (χ2v) is 7.30. The summed E-state index contributed by atoms with van der Waals surface area (Å²) in [5, 5.41) is 5.00. The van der Waals surface area contributed by atoms with E-state index < -0.39 is 6.61 Å². The fourth-order valence-corrected chi connectivity index (χ4v) is 4.64. The molecule has 6 rings (SSSR count). The third kappa shape index (κ3) is 2.03.